The second kappa shape index (κ2) is 7.06. The molecule has 0 fully saturated rings. The van der Waals surface area contributed by atoms with E-state index >= 15 is 0 Å². The third-order valence-electron chi connectivity index (χ3n) is 2.86. The number of esters is 1. The maximum atomic E-state index is 12.1. The summed E-state index contributed by atoms with van der Waals surface area (Å²) in [7, 11) is -3.75. The highest BCUT2D eigenvalue weighted by Crippen LogP contribution is 2.17. The van der Waals surface area contributed by atoms with Gasteiger partial charge in [-0.1, -0.05) is 0 Å². The average Bonchev–Trinajstić information content (AvgIpc) is 2.64. The smallest absolute Gasteiger partial charge is 0.325 e. The highest BCUT2D eigenvalue weighted by atomic mass is 32.2. The molecule has 0 aliphatic heterocycles. The Labute approximate surface area is 136 Å². The molecule has 1 unspecified atom stereocenters. The number of aromatic nitrogens is 1. The van der Waals surface area contributed by atoms with E-state index in [1.807, 2.05) is 13.8 Å². The zero-order valence-corrected chi connectivity index (χ0v) is 15.5. The Morgan fingerprint density at radius 3 is 2.41 bits per heavy atom. The van der Waals surface area contributed by atoms with Gasteiger partial charge in [0.2, 0.25) is 10.0 Å². The summed E-state index contributed by atoms with van der Waals surface area (Å²) in [5.41, 5.74) is 0.208. The molecular weight excluding hydrogens is 324 g/mol. The maximum Gasteiger partial charge on any atom is 0.325 e. The van der Waals surface area contributed by atoms with Crippen LogP contribution in [0, 0.1) is 13.8 Å². The molecule has 1 rings (SSSR count). The highest BCUT2D eigenvalue weighted by molar-refractivity contribution is 7.90. The summed E-state index contributed by atoms with van der Waals surface area (Å²) in [5, 5.41) is -0.284. The quantitative estimate of drug-likeness (QED) is 0.794. The Hall–Kier alpha value is -0.990. The van der Waals surface area contributed by atoms with E-state index in [0.29, 0.717) is 6.42 Å². The van der Waals surface area contributed by atoms with Crippen LogP contribution in [0.4, 0.5) is 0 Å². The van der Waals surface area contributed by atoms with Crippen molar-refractivity contribution in [3.8, 4) is 0 Å². The first-order valence-corrected chi connectivity index (χ1v) is 9.43. The van der Waals surface area contributed by atoms with Crippen molar-refractivity contribution in [1.82, 2.24) is 9.71 Å². The number of thiazole rings is 1. The second-order valence-corrected chi connectivity index (χ2v) is 9.48. The van der Waals surface area contributed by atoms with Crippen LogP contribution in [0.5, 0.6) is 0 Å². The van der Waals surface area contributed by atoms with Gasteiger partial charge in [-0.15, -0.1) is 11.3 Å². The lowest BCUT2D eigenvalue weighted by Crippen LogP contribution is -2.41. The Kier molecular flexibility index (Phi) is 6.11. The monoisotopic (exact) mass is 348 g/mol. The van der Waals surface area contributed by atoms with E-state index < -0.39 is 26.8 Å². The lowest BCUT2D eigenvalue weighted by Gasteiger charge is -2.22. The third kappa shape index (κ3) is 5.66. The largest absolute Gasteiger partial charge is 0.459 e. The molecule has 0 saturated heterocycles. The van der Waals surface area contributed by atoms with Gasteiger partial charge >= 0.3 is 5.97 Å². The molecular formula is C14H24N2O4S2. The minimum Gasteiger partial charge on any atom is -0.459 e. The van der Waals surface area contributed by atoms with E-state index in [0.717, 1.165) is 15.6 Å². The molecule has 1 N–H and O–H groups in total. The van der Waals surface area contributed by atoms with Crippen molar-refractivity contribution in [1.29, 1.82) is 0 Å². The molecule has 126 valence electrons. The molecule has 1 heterocycles. The van der Waals surface area contributed by atoms with Crippen molar-refractivity contribution in [2.75, 3.05) is 6.54 Å². The predicted molar refractivity (Wildman–Crippen MR) is 87.5 cm³/mol. The van der Waals surface area contributed by atoms with Crippen molar-refractivity contribution >= 4 is 27.3 Å². The van der Waals surface area contributed by atoms with E-state index in [1.165, 1.54) is 6.92 Å². The lowest BCUT2D eigenvalue weighted by molar-refractivity contribution is -0.153. The topological polar surface area (TPSA) is 85.4 Å². The van der Waals surface area contributed by atoms with Crippen LogP contribution in [0.3, 0.4) is 0 Å². The van der Waals surface area contributed by atoms with Gasteiger partial charge in [0, 0.05) is 11.4 Å². The number of carbonyl (C=O) groups excluding carboxylic acids is 1. The van der Waals surface area contributed by atoms with Crippen LogP contribution >= 0.6 is 11.3 Å². The van der Waals surface area contributed by atoms with Crippen LogP contribution in [0.2, 0.25) is 0 Å². The first-order valence-electron chi connectivity index (χ1n) is 7.06. The summed E-state index contributed by atoms with van der Waals surface area (Å²) in [6.45, 7) is 10.5. The van der Waals surface area contributed by atoms with Gasteiger partial charge in [0.25, 0.3) is 0 Å². The number of ether oxygens (including phenoxy) is 1. The molecule has 1 aromatic rings. The molecule has 0 aliphatic carbocycles. The molecule has 8 heteroatoms. The van der Waals surface area contributed by atoms with Gasteiger partial charge in [-0.2, -0.15) is 0 Å². The maximum absolute atomic E-state index is 12.1. The molecule has 22 heavy (non-hydrogen) atoms. The summed E-state index contributed by atoms with van der Waals surface area (Å²) in [6.07, 6.45) is 0.553. The second-order valence-electron chi connectivity index (χ2n) is 6.11. The summed E-state index contributed by atoms with van der Waals surface area (Å²) in [5.74, 6) is -0.746. The van der Waals surface area contributed by atoms with Gasteiger partial charge in [-0.25, -0.2) is 18.1 Å². The van der Waals surface area contributed by atoms with Gasteiger partial charge in [0.15, 0.2) is 5.25 Å². The van der Waals surface area contributed by atoms with E-state index in [-0.39, 0.29) is 6.54 Å². The zero-order valence-electron chi connectivity index (χ0n) is 13.9. The molecule has 0 radical (unpaired) electrons. The van der Waals surface area contributed by atoms with E-state index in [2.05, 4.69) is 9.71 Å². The van der Waals surface area contributed by atoms with Crippen LogP contribution in [-0.2, 0) is 26.0 Å². The van der Waals surface area contributed by atoms with E-state index in [4.69, 9.17) is 4.74 Å². The third-order valence-corrected chi connectivity index (χ3v) is 5.72. The van der Waals surface area contributed by atoms with Gasteiger partial charge in [-0.05, 0) is 48.0 Å². The number of aryl methyl sites for hydroxylation is 2. The molecule has 1 aromatic heterocycles. The fourth-order valence-electron chi connectivity index (χ4n) is 1.75. The van der Waals surface area contributed by atoms with Gasteiger partial charge in [0.1, 0.15) is 5.60 Å². The summed E-state index contributed by atoms with van der Waals surface area (Å²) in [6, 6.07) is 0. The van der Waals surface area contributed by atoms with Gasteiger partial charge in [0.05, 0.1) is 10.7 Å². The number of carbonyl (C=O) groups is 1. The molecule has 6 nitrogen and oxygen atoms in total. The van der Waals surface area contributed by atoms with Crippen molar-refractivity contribution in [3.63, 3.8) is 0 Å². The Morgan fingerprint density at radius 2 is 1.95 bits per heavy atom. The fourth-order valence-corrected chi connectivity index (χ4v) is 3.62. The van der Waals surface area contributed by atoms with Crippen molar-refractivity contribution < 1.29 is 17.9 Å². The van der Waals surface area contributed by atoms with Crippen LogP contribution < -0.4 is 4.72 Å². The lowest BCUT2D eigenvalue weighted by atomic mass is 10.2. The van der Waals surface area contributed by atoms with Gasteiger partial charge < -0.3 is 4.74 Å². The molecule has 0 bridgehead atoms. The molecule has 0 saturated carbocycles. The SMILES string of the molecule is Cc1nc(C)c(CCNS(=O)(=O)C(C)C(=O)OC(C)(C)C)s1. The van der Waals surface area contributed by atoms with Crippen molar-refractivity contribution in [2.24, 2.45) is 0 Å². The normalized spacial score (nSPS) is 13.9. The zero-order chi connectivity index (χ0) is 17.1. The van der Waals surface area contributed by atoms with Crippen molar-refractivity contribution in [2.45, 2.75) is 58.8 Å². The molecule has 0 spiro atoms. The van der Waals surface area contributed by atoms with Crippen LogP contribution in [0.1, 0.15) is 43.3 Å². The predicted octanol–water partition coefficient (Wildman–Crippen LogP) is 1.95. The molecule has 0 aromatic carbocycles. The fraction of sp³-hybridized carbons (Fsp3) is 0.714. The minimum absolute atomic E-state index is 0.234. The van der Waals surface area contributed by atoms with Gasteiger partial charge in [-0.3, -0.25) is 4.79 Å². The van der Waals surface area contributed by atoms with Crippen molar-refractivity contribution in [3.05, 3.63) is 15.6 Å². The first kappa shape index (κ1) is 19.1. The number of hydrogen-bond acceptors (Lipinski definition) is 6. The Morgan fingerprint density at radius 1 is 1.36 bits per heavy atom. The minimum atomic E-state index is -3.75. The number of sulfonamides is 1. The van der Waals surface area contributed by atoms with Crippen LogP contribution in [0.25, 0.3) is 0 Å². The summed E-state index contributed by atoms with van der Waals surface area (Å²) < 4.78 is 31.8. The summed E-state index contributed by atoms with van der Waals surface area (Å²) in [4.78, 5) is 17.2. The van der Waals surface area contributed by atoms with E-state index in [9.17, 15) is 13.2 Å². The number of nitrogens with zero attached hydrogens (tertiary/aromatic N) is 1. The molecule has 0 aliphatic rings. The molecule has 0 amide bonds. The average molecular weight is 348 g/mol. The van der Waals surface area contributed by atoms with Crippen LogP contribution in [-0.4, -0.2) is 36.8 Å². The van der Waals surface area contributed by atoms with Crippen LogP contribution in [0.15, 0.2) is 0 Å². The number of rotatable bonds is 6. The highest BCUT2D eigenvalue weighted by Gasteiger charge is 2.31. The first-order chi connectivity index (χ1) is 9.92. The Balaban J connectivity index is 2.60. The van der Waals surface area contributed by atoms with E-state index in [1.54, 1.807) is 32.1 Å². The summed E-state index contributed by atoms with van der Waals surface area (Å²) >= 11 is 1.55. The number of hydrogen-bond donors (Lipinski definition) is 1. The number of nitrogens with one attached hydrogen (secondary N) is 1. The Bertz CT molecular complexity index is 630. The standard InChI is InChI=1S/C14H24N2O4S2/c1-9-12(21-11(3)16-9)7-8-15-22(18,19)10(2)13(17)20-14(4,5)6/h10,15H,7-8H2,1-6H3. The molecule has 1 atom stereocenters.